The minimum atomic E-state index is -0.452. The zero-order chi connectivity index (χ0) is 32.6. The molecule has 0 saturated carbocycles. The van der Waals surface area contributed by atoms with Crippen molar-refractivity contribution in [2.75, 3.05) is 132 Å². The van der Waals surface area contributed by atoms with Crippen LogP contribution in [-0.4, -0.2) is 137 Å². The molecule has 0 radical (unpaired) electrons. The topological polar surface area (TPSA) is 145 Å². The summed E-state index contributed by atoms with van der Waals surface area (Å²) in [4.78, 5) is 10.2. The van der Waals surface area contributed by atoms with E-state index in [0.29, 0.717) is 138 Å². The summed E-state index contributed by atoms with van der Waals surface area (Å²) in [5.41, 5.74) is 0.0258. The minimum absolute atomic E-state index is 0.0258. The van der Waals surface area contributed by atoms with Crippen molar-refractivity contribution in [1.29, 1.82) is 0 Å². The average Bonchev–Trinajstić information content (AvgIpc) is 3.08. The van der Waals surface area contributed by atoms with E-state index in [-0.39, 0.29) is 5.69 Å². The summed E-state index contributed by atoms with van der Waals surface area (Å²) in [6.45, 7) is 9.56. The van der Waals surface area contributed by atoms with E-state index in [2.05, 4.69) is 0 Å². The van der Waals surface area contributed by atoms with Crippen molar-refractivity contribution in [3.8, 4) is 11.5 Å². The van der Waals surface area contributed by atoms with Gasteiger partial charge in [0.1, 0.15) is 24.7 Å². The second-order valence-electron chi connectivity index (χ2n) is 9.27. The summed E-state index contributed by atoms with van der Waals surface area (Å²) in [6.07, 6.45) is 0. The van der Waals surface area contributed by atoms with Gasteiger partial charge in [0.05, 0.1) is 124 Å². The van der Waals surface area contributed by atoms with Gasteiger partial charge in [-0.25, -0.2) is 0 Å². The van der Waals surface area contributed by atoms with E-state index in [1.54, 1.807) is 12.1 Å². The molecule has 2 aromatic carbocycles. The van der Waals surface area contributed by atoms with Gasteiger partial charge in [-0.1, -0.05) is 18.2 Å². The third-order valence-electron chi connectivity index (χ3n) is 5.76. The van der Waals surface area contributed by atoms with Crippen LogP contribution in [0.5, 0.6) is 11.5 Å². The number of benzene rings is 2. The molecule has 0 bridgehead atoms. The molecule has 0 aliphatic carbocycles. The molecule has 260 valence electrons. The summed E-state index contributed by atoms with van der Waals surface area (Å²) in [5.74, 6) is 1.39. The normalized spacial score (nSPS) is 11.1. The zero-order valence-electron chi connectivity index (χ0n) is 26.6. The van der Waals surface area contributed by atoms with E-state index in [0.717, 1.165) is 5.75 Å². The lowest BCUT2D eigenvalue weighted by Gasteiger charge is -2.09. The first-order valence-corrected chi connectivity index (χ1v) is 15.5. The van der Waals surface area contributed by atoms with Gasteiger partial charge in [0.2, 0.25) is 0 Å². The lowest BCUT2D eigenvalue weighted by atomic mass is 10.3. The highest BCUT2D eigenvalue weighted by Crippen LogP contribution is 2.17. The number of nitro groups is 1. The van der Waals surface area contributed by atoms with E-state index in [4.69, 9.17) is 52.1 Å². The van der Waals surface area contributed by atoms with Crippen molar-refractivity contribution < 1.29 is 57.0 Å². The van der Waals surface area contributed by atoms with E-state index in [9.17, 15) is 10.1 Å². The van der Waals surface area contributed by atoms with E-state index >= 15 is 0 Å². The number of rotatable bonds is 33. The molecule has 0 heterocycles. The van der Waals surface area contributed by atoms with Crippen molar-refractivity contribution in [2.24, 2.45) is 0 Å². The van der Waals surface area contributed by atoms with Crippen LogP contribution in [0, 0.1) is 10.1 Å². The summed E-state index contributed by atoms with van der Waals surface area (Å²) in [6, 6.07) is 15.6. The van der Waals surface area contributed by atoms with Gasteiger partial charge in [-0.05, 0) is 24.3 Å². The van der Waals surface area contributed by atoms with Gasteiger partial charge < -0.3 is 52.1 Å². The fourth-order valence-corrected chi connectivity index (χ4v) is 3.48. The Bertz CT molecular complexity index is 953. The quantitative estimate of drug-likeness (QED) is 0.0631. The van der Waals surface area contributed by atoms with Gasteiger partial charge in [-0.2, -0.15) is 0 Å². The van der Waals surface area contributed by atoms with Gasteiger partial charge in [0.25, 0.3) is 5.69 Å². The Labute approximate surface area is 271 Å². The summed E-state index contributed by atoms with van der Waals surface area (Å²) in [5, 5.41) is 10.6. The van der Waals surface area contributed by atoms with Crippen LogP contribution in [0.3, 0.4) is 0 Å². The van der Waals surface area contributed by atoms with Crippen LogP contribution in [0.15, 0.2) is 54.6 Å². The lowest BCUT2D eigenvalue weighted by molar-refractivity contribution is -0.384. The van der Waals surface area contributed by atoms with E-state index in [1.807, 2.05) is 30.3 Å². The molecule has 0 aliphatic rings. The molecule has 0 unspecified atom stereocenters. The third kappa shape index (κ3) is 23.4. The molecule has 0 amide bonds. The first-order valence-electron chi connectivity index (χ1n) is 15.5. The molecule has 2 aromatic rings. The molecule has 0 fully saturated rings. The number of nitrogens with zero attached hydrogens (tertiary/aromatic N) is 1. The second kappa shape index (κ2) is 29.5. The lowest BCUT2D eigenvalue weighted by Crippen LogP contribution is -2.15. The van der Waals surface area contributed by atoms with Crippen molar-refractivity contribution in [2.45, 2.75) is 0 Å². The Morgan fingerprint density at radius 3 is 0.913 bits per heavy atom. The number of ether oxygens (including phenoxy) is 11. The minimum Gasteiger partial charge on any atom is -0.491 e. The maximum absolute atomic E-state index is 10.6. The molecule has 0 aliphatic heterocycles. The van der Waals surface area contributed by atoms with Crippen LogP contribution in [0.25, 0.3) is 0 Å². The monoisotopic (exact) mass is 655 g/mol. The molecule has 0 spiro atoms. The van der Waals surface area contributed by atoms with E-state index < -0.39 is 4.92 Å². The Hall–Kier alpha value is -2.92. The number of hydrogen-bond acceptors (Lipinski definition) is 13. The number of nitro benzene ring substituents is 1. The van der Waals surface area contributed by atoms with Crippen molar-refractivity contribution in [3.05, 3.63) is 64.7 Å². The molecule has 0 N–H and O–H groups in total. The van der Waals surface area contributed by atoms with Gasteiger partial charge >= 0.3 is 0 Å². The first-order chi connectivity index (χ1) is 22.8. The molecule has 0 atom stereocenters. The fourth-order valence-electron chi connectivity index (χ4n) is 3.48. The molecule has 46 heavy (non-hydrogen) atoms. The maximum Gasteiger partial charge on any atom is 0.269 e. The van der Waals surface area contributed by atoms with Crippen molar-refractivity contribution in [3.63, 3.8) is 0 Å². The maximum atomic E-state index is 10.6. The molecular formula is C32H49NO13. The molecule has 0 aromatic heterocycles. The summed E-state index contributed by atoms with van der Waals surface area (Å²) >= 11 is 0. The third-order valence-corrected chi connectivity index (χ3v) is 5.76. The van der Waals surface area contributed by atoms with Gasteiger partial charge in [-0.3, -0.25) is 10.1 Å². The molecule has 2 rings (SSSR count). The Morgan fingerprint density at radius 2 is 0.630 bits per heavy atom. The van der Waals surface area contributed by atoms with Crippen LogP contribution in [0.4, 0.5) is 5.69 Å². The molecule has 0 saturated heterocycles. The van der Waals surface area contributed by atoms with Crippen LogP contribution in [-0.2, 0) is 42.6 Å². The van der Waals surface area contributed by atoms with Crippen molar-refractivity contribution >= 4 is 5.69 Å². The highest BCUT2D eigenvalue weighted by molar-refractivity contribution is 5.35. The molecule has 14 heteroatoms. The SMILES string of the molecule is O=[N+]([O-])c1ccc(OCCOCCOCCOCCOCCOCCOCCOCCOCCOCCOc2ccccc2)cc1. The zero-order valence-corrected chi connectivity index (χ0v) is 26.6. The highest BCUT2D eigenvalue weighted by atomic mass is 16.6. The van der Waals surface area contributed by atoms with Crippen molar-refractivity contribution in [1.82, 2.24) is 0 Å². The summed E-state index contributed by atoms with van der Waals surface area (Å²) < 4.78 is 60.2. The van der Waals surface area contributed by atoms with Crippen LogP contribution in [0.1, 0.15) is 0 Å². The predicted molar refractivity (Wildman–Crippen MR) is 168 cm³/mol. The van der Waals surface area contributed by atoms with Gasteiger partial charge in [-0.15, -0.1) is 0 Å². The summed E-state index contributed by atoms with van der Waals surface area (Å²) in [7, 11) is 0. The first kappa shape index (κ1) is 39.3. The Kier molecular flexibility index (Phi) is 25.2. The van der Waals surface area contributed by atoms with Crippen LogP contribution in [0.2, 0.25) is 0 Å². The fraction of sp³-hybridized carbons (Fsp3) is 0.625. The average molecular weight is 656 g/mol. The van der Waals surface area contributed by atoms with Crippen LogP contribution >= 0.6 is 0 Å². The highest BCUT2D eigenvalue weighted by Gasteiger charge is 2.04. The largest absolute Gasteiger partial charge is 0.491 e. The molecule has 14 nitrogen and oxygen atoms in total. The molecular weight excluding hydrogens is 606 g/mol. The second-order valence-corrected chi connectivity index (χ2v) is 9.27. The van der Waals surface area contributed by atoms with Gasteiger partial charge in [0.15, 0.2) is 0 Å². The number of non-ortho nitro benzene ring substituents is 1. The number of para-hydroxylation sites is 1. The Balaban J connectivity index is 1.16. The standard InChI is InChI=1S/C32H49NO13/c34-33(35)30-6-8-32(9-7-30)46-29-27-44-25-23-42-21-19-40-17-15-38-13-11-36-10-12-37-14-16-39-18-20-41-22-24-43-26-28-45-31-4-2-1-3-5-31/h1-9H,10-29H2. The number of hydrogen-bond donors (Lipinski definition) is 0. The smallest absolute Gasteiger partial charge is 0.269 e. The van der Waals surface area contributed by atoms with Gasteiger partial charge in [0, 0.05) is 12.1 Å². The predicted octanol–water partition coefficient (Wildman–Crippen LogP) is 3.20. The Morgan fingerprint density at radius 1 is 0.370 bits per heavy atom. The van der Waals surface area contributed by atoms with E-state index in [1.165, 1.54) is 12.1 Å². The van der Waals surface area contributed by atoms with Crippen LogP contribution < -0.4 is 9.47 Å².